The number of hydrogen-bond donors (Lipinski definition) is 1. The molecule has 0 aliphatic carbocycles. The number of carbonyl (C=O) groups excluding carboxylic acids is 1. The molecule has 0 saturated carbocycles. The van der Waals surface area contributed by atoms with E-state index in [1.165, 1.54) is 12.8 Å². The molecule has 4 rings (SSSR count). The smallest absolute Gasteiger partial charge is 0.227 e. The van der Waals surface area contributed by atoms with E-state index in [0.717, 1.165) is 36.4 Å². The van der Waals surface area contributed by atoms with Crippen LogP contribution < -0.4 is 10.1 Å². The fraction of sp³-hybridized carbons (Fsp3) is 0.409. The molecule has 2 aromatic rings. The van der Waals surface area contributed by atoms with Gasteiger partial charge in [0.25, 0.3) is 0 Å². The van der Waals surface area contributed by atoms with Crippen LogP contribution in [-0.2, 0) is 17.8 Å². The minimum Gasteiger partial charge on any atom is -0.489 e. The lowest BCUT2D eigenvalue weighted by molar-refractivity contribution is -0.130. The zero-order chi connectivity index (χ0) is 18.6. The van der Waals surface area contributed by atoms with Crippen molar-refractivity contribution in [2.24, 2.45) is 0 Å². The van der Waals surface area contributed by atoms with Crippen LogP contribution in [0.5, 0.6) is 5.75 Å². The van der Waals surface area contributed by atoms with Crippen molar-refractivity contribution in [2.45, 2.75) is 44.4 Å². The maximum Gasteiger partial charge on any atom is 0.227 e. The van der Waals surface area contributed by atoms with Crippen LogP contribution in [-0.4, -0.2) is 36.0 Å². The average molecular weight is 385 g/mol. The van der Waals surface area contributed by atoms with Gasteiger partial charge in [-0.3, -0.25) is 4.79 Å². The van der Waals surface area contributed by atoms with Gasteiger partial charge in [0.1, 0.15) is 12.4 Å². The number of ether oxygens (including phenoxy) is 1. The third-order valence-corrected chi connectivity index (χ3v) is 5.66. The van der Waals surface area contributed by atoms with Gasteiger partial charge in [-0.25, -0.2) is 0 Å². The van der Waals surface area contributed by atoms with Gasteiger partial charge < -0.3 is 15.0 Å². The largest absolute Gasteiger partial charge is 0.489 e. The lowest BCUT2D eigenvalue weighted by Gasteiger charge is -2.24. The second kappa shape index (κ2) is 8.32. The quantitative estimate of drug-likeness (QED) is 0.852. The van der Waals surface area contributed by atoms with Gasteiger partial charge >= 0.3 is 0 Å². The molecule has 2 saturated heterocycles. The zero-order valence-electron chi connectivity index (χ0n) is 15.4. The summed E-state index contributed by atoms with van der Waals surface area (Å²) in [4.78, 5) is 14.8. The van der Waals surface area contributed by atoms with Crippen LogP contribution in [0.3, 0.4) is 0 Å². The SMILES string of the molecule is O=C(Cc1cccc(OCc2cccc(Cl)c2)c1)N1CCC2CCC(C1)N2. The van der Waals surface area contributed by atoms with Gasteiger partial charge in [0.2, 0.25) is 5.91 Å². The first-order chi connectivity index (χ1) is 13.2. The highest BCUT2D eigenvalue weighted by molar-refractivity contribution is 6.30. The fourth-order valence-corrected chi connectivity index (χ4v) is 4.21. The average Bonchev–Trinajstić information content (AvgIpc) is 2.99. The highest BCUT2D eigenvalue weighted by atomic mass is 35.5. The summed E-state index contributed by atoms with van der Waals surface area (Å²) in [5, 5.41) is 4.33. The molecule has 0 aromatic heterocycles. The Bertz CT molecular complexity index is 810. The minimum absolute atomic E-state index is 0.205. The molecule has 2 bridgehead atoms. The molecule has 27 heavy (non-hydrogen) atoms. The Kier molecular flexibility index (Phi) is 5.65. The number of carbonyl (C=O) groups is 1. The summed E-state index contributed by atoms with van der Waals surface area (Å²) >= 11 is 6.02. The van der Waals surface area contributed by atoms with Gasteiger partial charge in [-0.15, -0.1) is 0 Å². The van der Waals surface area contributed by atoms with Crippen molar-refractivity contribution in [3.05, 3.63) is 64.7 Å². The predicted octanol–water partition coefficient (Wildman–Crippen LogP) is 3.81. The van der Waals surface area contributed by atoms with E-state index >= 15 is 0 Å². The summed E-state index contributed by atoms with van der Waals surface area (Å²) in [6.45, 7) is 2.15. The molecule has 4 nitrogen and oxygen atoms in total. The summed E-state index contributed by atoms with van der Waals surface area (Å²) in [6.07, 6.45) is 3.91. The zero-order valence-corrected chi connectivity index (χ0v) is 16.1. The molecule has 5 heteroatoms. The third kappa shape index (κ3) is 4.82. The van der Waals surface area contributed by atoms with Gasteiger partial charge in [0, 0.05) is 30.2 Å². The van der Waals surface area contributed by atoms with E-state index < -0.39 is 0 Å². The van der Waals surface area contributed by atoms with Gasteiger partial charge in [-0.1, -0.05) is 35.9 Å². The van der Waals surface area contributed by atoms with Crippen LogP contribution in [0.4, 0.5) is 0 Å². The van der Waals surface area contributed by atoms with E-state index in [0.29, 0.717) is 30.1 Å². The molecule has 2 fully saturated rings. The molecule has 2 aliphatic rings. The molecule has 1 amide bonds. The number of benzene rings is 2. The van der Waals surface area contributed by atoms with Crippen LogP contribution in [0.1, 0.15) is 30.4 Å². The third-order valence-electron chi connectivity index (χ3n) is 5.42. The summed E-state index contributed by atoms with van der Waals surface area (Å²) in [5.74, 6) is 0.980. The van der Waals surface area contributed by atoms with Gasteiger partial charge in [0.15, 0.2) is 0 Å². The molecule has 0 spiro atoms. The molecule has 142 valence electrons. The van der Waals surface area contributed by atoms with Gasteiger partial charge in [-0.05, 0) is 54.7 Å². The Balaban J connectivity index is 1.35. The van der Waals surface area contributed by atoms with Gasteiger partial charge in [0.05, 0.1) is 6.42 Å². The molecule has 0 radical (unpaired) electrons. The van der Waals surface area contributed by atoms with Crippen LogP contribution in [0, 0.1) is 0 Å². The first kappa shape index (κ1) is 18.3. The Hall–Kier alpha value is -2.04. The Labute approximate surface area is 165 Å². The van der Waals surface area contributed by atoms with E-state index in [-0.39, 0.29) is 5.91 Å². The summed E-state index contributed by atoms with van der Waals surface area (Å²) in [7, 11) is 0. The first-order valence-electron chi connectivity index (χ1n) is 9.66. The first-order valence-corrected chi connectivity index (χ1v) is 10.0. The van der Waals surface area contributed by atoms with Crippen molar-refractivity contribution in [3.8, 4) is 5.75 Å². The Morgan fingerprint density at radius 3 is 2.78 bits per heavy atom. The second-order valence-corrected chi connectivity index (χ2v) is 7.95. The monoisotopic (exact) mass is 384 g/mol. The summed E-state index contributed by atoms with van der Waals surface area (Å²) in [5.41, 5.74) is 2.02. The molecule has 1 N–H and O–H groups in total. The standard InChI is InChI=1S/C22H25ClN2O2/c23-18-5-1-4-17(11-18)15-27-21-6-2-3-16(12-21)13-22(26)25-10-9-19-7-8-20(14-25)24-19/h1-6,11-12,19-20,24H,7-10,13-15H2. The number of amides is 1. The topological polar surface area (TPSA) is 41.6 Å². The number of nitrogens with zero attached hydrogens (tertiary/aromatic N) is 1. The van der Waals surface area contributed by atoms with E-state index in [2.05, 4.69) is 5.32 Å². The molecule has 2 atom stereocenters. The molecule has 2 aromatic carbocycles. The van der Waals surface area contributed by atoms with E-state index in [4.69, 9.17) is 16.3 Å². The lowest BCUT2D eigenvalue weighted by atomic mass is 10.1. The molecular weight excluding hydrogens is 360 g/mol. The van der Waals surface area contributed by atoms with Crippen LogP contribution in [0.25, 0.3) is 0 Å². The number of halogens is 1. The fourth-order valence-electron chi connectivity index (χ4n) is 3.99. The van der Waals surface area contributed by atoms with E-state index in [1.807, 2.05) is 53.4 Å². The Morgan fingerprint density at radius 1 is 1.07 bits per heavy atom. The molecule has 2 unspecified atom stereocenters. The maximum absolute atomic E-state index is 12.8. The highest BCUT2D eigenvalue weighted by Crippen LogP contribution is 2.22. The van der Waals surface area contributed by atoms with Crippen molar-refractivity contribution >= 4 is 17.5 Å². The number of likely N-dealkylation sites (tertiary alicyclic amines) is 1. The Morgan fingerprint density at radius 2 is 1.89 bits per heavy atom. The molecular formula is C22H25ClN2O2. The lowest BCUT2D eigenvalue weighted by Crippen LogP contribution is -2.39. The van der Waals surface area contributed by atoms with Crippen LogP contribution >= 0.6 is 11.6 Å². The summed E-state index contributed by atoms with van der Waals surface area (Å²) in [6, 6.07) is 16.5. The highest BCUT2D eigenvalue weighted by Gasteiger charge is 2.30. The van der Waals surface area contributed by atoms with Crippen molar-refractivity contribution in [2.75, 3.05) is 13.1 Å². The van der Waals surface area contributed by atoms with Crippen molar-refractivity contribution in [1.82, 2.24) is 10.2 Å². The maximum atomic E-state index is 12.8. The predicted molar refractivity (Wildman–Crippen MR) is 107 cm³/mol. The molecule has 2 aliphatic heterocycles. The summed E-state index contributed by atoms with van der Waals surface area (Å²) < 4.78 is 5.88. The van der Waals surface area contributed by atoms with Gasteiger partial charge in [-0.2, -0.15) is 0 Å². The van der Waals surface area contributed by atoms with Crippen molar-refractivity contribution in [1.29, 1.82) is 0 Å². The van der Waals surface area contributed by atoms with Crippen molar-refractivity contribution < 1.29 is 9.53 Å². The number of nitrogens with one attached hydrogen (secondary N) is 1. The van der Waals surface area contributed by atoms with E-state index in [1.54, 1.807) is 0 Å². The van der Waals surface area contributed by atoms with Crippen LogP contribution in [0.15, 0.2) is 48.5 Å². The van der Waals surface area contributed by atoms with Crippen LogP contribution in [0.2, 0.25) is 5.02 Å². The number of rotatable bonds is 5. The molecule has 2 heterocycles. The minimum atomic E-state index is 0.205. The van der Waals surface area contributed by atoms with Crippen molar-refractivity contribution in [3.63, 3.8) is 0 Å². The second-order valence-electron chi connectivity index (χ2n) is 7.51. The van der Waals surface area contributed by atoms with E-state index in [9.17, 15) is 4.79 Å². The number of hydrogen-bond acceptors (Lipinski definition) is 3. The number of fused-ring (bicyclic) bond motifs is 2. The normalized spacial score (nSPS) is 21.7.